The molecule has 26 heavy (non-hydrogen) atoms. The van der Waals surface area contributed by atoms with Gasteiger partial charge in [-0.2, -0.15) is 0 Å². The van der Waals surface area contributed by atoms with E-state index in [1.807, 2.05) is 0 Å². The van der Waals surface area contributed by atoms with Crippen LogP contribution in [0.3, 0.4) is 0 Å². The Morgan fingerprint density at radius 1 is 0.962 bits per heavy atom. The van der Waals surface area contributed by atoms with Crippen molar-refractivity contribution in [1.82, 2.24) is 0 Å². The lowest BCUT2D eigenvalue weighted by molar-refractivity contribution is -0.136. The van der Waals surface area contributed by atoms with Gasteiger partial charge in [0.2, 0.25) is 0 Å². The topological polar surface area (TPSA) is 44.8 Å². The molecule has 0 aromatic rings. The fraction of sp³-hybridized carbons (Fsp3) is 0.850. The van der Waals surface area contributed by atoms with Gasteiger partial charge in [-0.1, -0.05) is 47.5 Å². The molecule has 0 aliphatic carbocycles. The van der Waals surface area contributed by atoms with Gasteiger partial charge in [0, 0.05) is 18.9 Å². The highest BCUT2D eigenvalue weighted by atomic mass is 28.4. The SMILES string of the molecule is CCOC(=O)C#C[C@@H](CCO[Si](C)(C)C(C)(C)C)O[Si](C)(C)C(C)(C)C. The van der Waals surface area contributed by atoms with Crippen molar-refractivity contribution in [3.63, 3.8) is 0 Å². The van der Waals surface area contributed by atoms with Crippen LogP contribution in [0.5, 0.6) is 0 Å². The fourth-order valence-electron chi connectivity index (χ4n) is 1.64. The van der Waals surface area contributed by atoms with Crippen LogP contribution in [0, 0.1) is 11.8 Å². The third-order valence-electron chi connectivity index (χ3n) is 5.50. The van der Waals surface area contributed by atoms with E-state index in [1.165, 1.54) is 0 Å². The van der Waals surface area contributed by atoms with Crippen LogP contribution in [0.2, 0.25) is 36.3 Å². The van der Waals surface area contributed by atoms with Crippen LogP contribution in [0.25, 0.3) is 0 Å². The number of carbonyl (C=O) groups is 1. The van der Waals surface area contributed by atoms with Crippen molar-refractivity contribution in [3.05, 3.63) is 0 Å². The van der Waals surface area contributed by atoms with E-state index in [9.17, 15) is 4.79 Å². The first-order chi connectivity index (χ1) is 11.5. The molecular formula is C20H40O4Si2. The Morgan fingerprint density at radius 3 is 1.88 bits per heavy atom. The van der Waals surface area contributed by atoms with Gasteiger partial charge < -0.3 is 13.6 Å². The summed E-state index contributed by atoms with van der Waals surface area (Å²) in [6.45, 7) is 24.8. The van der Waals surface area contributed by atoms with Crippen LogP contribution >= 0.6 is 0 Å². The van der Waals surface area contributed by atoms with Gasteiger partial charge in [-0.15, -0.1) is 0 Å². The van der Waals surface area contributed by atoms with Gasteiger partial charge in [-0.05, 0) is 43.2 Å². The third kappa shape index (κ3) is 8.38. The van der Waals surface area contributed by atoms with Crippen molar-refractivity contribution in [3.8, 4) is 11.8 Å². The molecule has 4 nitrogen and oxygen atoms in total. The summed E-state index contributed by atoms with van der Waals surface area (Å²) in [5, 5.41) is 0.247. The van der Waals surface area contributed by atoms with Crippen molar-refractivity contribution in [2.24, 2.45) is 0 Å². The van der Waals surface area contributed by atoms with Crippen molar-refractivity contribution >= 4 is 22.6 Å². The quantitative estimate of drug-likeness (QED) is 0.250. The first kappa shape index (κ1) is 25.4. The molecule has 0 fully saturated rings. The second-order valence-corrected chi connectivity index (χ2v) is 19.3. The summed E-state index contributed by atoms with van der Waals surface area (Å²) in [4.78, 5) is 11.6. The van der Waals surface area contributed by atoms with Crippen LogP contribution in [-0.4, -0.2) is 41.9 Å². The summed E-state index contributed by atoms with van der Waals surface area (Å²) in [5.41, 5.74) is 0. The van der Waals surface area contributed by atoms with Gasteiger partial charge in [-0.25, -0.2) is 4.79 Å². The van der Waals surface area contributed by atoms with Crippen molar-refractivity contribution < 1.29 is 18.4 Å². The van der Waals surface area contributed by atoms with Crippen LogP contribution in [0.4, 0.5) is 0 Å². The van der Waals surface area contributed by atoms with Crippen LogP contribution in [-0.2, 0) is 18.4 Å². The minimum atomic E-state index is -1.99. The van der Waals surface area contributed by atoms with Gasteiger partial charge in [0.05, 0.1) is 6.61 Å². The minimum absolute atomic E-state index is 0.0805. The van der Waals surface area contributed by atoms with Gasteiger partial charge >= 0.3 is 5.97 Å². The number of rotatable bonds is 7. The van der Waals surface area contributed by atoms with Gasteiger partial charge in [0.15, 0.2) is 16.6 Å². The van der Waals surface area contributed by atoms with E-state index < -0.39 is 22.6 Å². The number of ether oxygens (including phenoxy) is 1. The Kier molecular flexibility index (Phi) is 9.31. The predicted molar refractivity (Wildman–Crippen MR) is 114 cm³/mol. The molecule has 0 spiro atoms. The molecule has 0 rings (SSSR count). The first-order valence-corrected chi connectivity index (χ1v) is 15.4. The van der Waals surface area contributed by atoms with E-state index in [1.54, 1.807) is 6.92 Å². The van der Waals surface area contributed by atoms with Gasteiger partial charge in [0.1, 0.15) is 6.10 Å². The van der Waals surface area contributed by atoms with Crippen molar-refractivity contribution in [2.75, 3.05) is 13.2 Å². The Balaban J connectivity index is 5.15. The normalized spacial score (nSPS) is 14.4. The summed E-state index contributed by atoms with van der Waals surface area (Å²) in [6.07, 6.45) is 0.343. The minimum Gasteiger partial charge on any atom is -0.456 e. The molecule has 0 amide bonds. The molecule has 0 aromatic carbocycles. The second-order valence-electron chi connectivity index (χ2n) is 9.75. The molecule has 0 aromatic heterocycles. The second kappa shape index (κ2) is 9.54. The molecule has 0 bridgehead atoms. The zero-order valence-electron chi connectivity index (χ0n) is 18.8. The molecule has 0 saturated heterocycles. The number of hydrogen-bond acceptors (Lipinski definition) is 4. The predicted octanol–water partition coefficient (Wildman–Crippen LogP) is 5.36. The largest absolute Gasteiger partial charge is 0.456 e. The summed E-state index contributed by atoms with van der Waals surface area (Å²) in [5.74, 6) is 5.06. The average Bonchev–Trinajstić information content (AvgIpc) is 2.42. The lowest BCUT2D eigenvalue weighted by Gasteiger charge is -2.39. The zero-order valence-corrected chi connectivity index (χ0v) is 20.8. The Bertz CT molecular complexity index is 517. The molecule has 0 heterocycles. The van der Waals surface area contributed by atoms with E-state index in [0.29, 0.717) is 19.6 Å². The molecule has 0 unspecified atom stereocenters. The molecule has 1 atom stereocenters. The summed E-state index contributed by atoms with van der Waals surface area (Å²) in [7, 11) is -3.80. The van der Waals surface area contributed by atoms with E-state index in [-0.39, 0.29) is 16.2 Å². The summed E-state index contributed by atoms with van der Waals surface area (Å²) in [6, 6.07) is 0. The molecule has 0 radical (unpaired) electrons. The Labute approximate surface area is 163 Å². The molecule has 152 valence electrons. The maximum atomic E-state index is 11.6. The first-order valence-electron chi connectivity index (χ1n) is 9.53. The van der Waals surface area contributed by atoms with E-state index in [4.69, 9.17) is 13.6 Å². The van der Waals surface area contributed by atoms with Crippen LogP contribution in [0.15, 0.2) is 0 Å². The summed E-state index contributed by atoms with van der Waals surface area (Å²) < 4.78 is 17.6. The monoisotopic (exact) mass is 400 g/mol. The average molecular weight is 401 g/mol. The fourth-order valence-corrected chi connectivity index (χ4v) is 3.94. The highest BCUT2D eigenvalue weighted by Crippen LogP contribution is 2.38. The van der Waals surface area contributed by atoms with Crippen molar-refractivity contribution in [2.45, 2.75) is 97.3 Å². The van der Waals surface area contributed by atoms with E-state index in [2.05, 4.69) is 79.6 Å². The standard InChI is InChI=1S/C20H40O4Si2/c1-12-22-18(21)14-13-17(24-26(10,11)20(5,6)7)15-16-23-25(8,9)19(2,3)4/h17H,12,15-16H2,1-11H3/t17-/m0/s1. The maximum Gasteiger partial charge on any atom is 0.384 e. The molecule has 6 heteroatoms. The molecule has 0 saturated carbocycles. The zero-order chi connectivity index (χ0) is 20.8. The summed E-state index contributed by atoms with van der Waals surface area (Å²) >= 11 is 0. The smallest absolute Gasteiger partial charge is 0.384 e. The highest BCUT2D eigenvalue weighted by molar-refractivity contribution is 6.74. The van der Waals surface area contributed by atoms with Crippen LogP contribution < -0.4 is 0 Å². The third-order valence-corrected chi connectivity index (χ3v) is 14.5. The highest BCUT2D eigenvalue weighted by Gasteiger charge is 2.40. The van der Waals surface area contributed by atoms with Gasteiger partial charge in [0.25, 0.3) is 0 Å². The van der Waals surface area contributed by atoms with E-state index in [0.717, 1.165) is 0 Å². The molecule has 0 aliphatic rings. The molecular weight excluding hydrogens is 360 g/mol. The lowest BCUT2D eigenvalue weighted by atomic mass is 10.2. The van der Waals surface area contributed by atoms with Crippen LogP contribution in [0.1, 0.15) is 54.9 Å². The Hall–Kier alpha value is -0.616. The number of esters is 1. The maximum absolute atomic E-state index is 11.6. The number of carbonyl (C=O) groups excluding carboxylic acids is 1. The van der Waals surface area contributed by atoms with E-state index >= 15 is 0 Å². The lowest BCUT2D eigenvalue weighted by Crippen LogP contribution is -2.45. The Morgan fingerprint density at radius 2 is 1.46 bits per heavy atom. The molecule has 0 N–H and O–H groups in total. The van der Waals surface area contributed by atoms with Gasteiger partial charge in [-0.3, -0.25) is 0 Å². The number of hydrogen-bond donors (Lipinski definition) is 0. The van der Waals surface area contributed by atoms with Crippen molar-refractivity contribution in [1.29, 1.82) is 0 Å². The molecule has 0 aliphatic heterocycles.